The summed E-state index contributed by atoms with van der Waals surface area (Å²) < 4.78 is 5.45. The van der Waals surface area contributed by atoms with Gasteiger partial charge < -0.3 is 15.5 Å². The molecule has 1 aromatic heterocycles. The Bertz CT molecular complexity index is 378. The molecule has 18 heavy (non-hydrogen) atoms. The number of carbonyl (C=O) groups is 1. The molecule has 0 aliphatic carbocycles. The SMILES string of the molecule is CNC(=O)C1CCCCN1C(CN)c1ccco1. The monoisotopic (exact) mass is 251 g/mol. The molecule has 1 amide bonds. The van der Waals surface area contributed by atoms with E-state index in [1.54, 1.807) is 13.3 Å². The molecular weight excluding hydrogens is 230 g/mol. The van der Waals surface area contributed by atoms with Crippen molar-refractivity contribution in [2.75, 3.05) is 20.1 Å². The second-order valence-electron chi connectivity index (χ2n) is 4.63. The Morgan fingerprint density at radius 2 is 2.50 bits per heavy atom. The zero-order valence-electron chi connectivity index (χ0n) is 10.8. The van der Waals surface area contributed by atoms with Crippen molar-refractivity contribution >= 4 is 5.91 Å². The van der Waals surface area contributed by atoms with Gasteiger partial charge in [-0.25, -0.2) is 0 Å². The van der Waals surface area contributed by atoms with Gasteiger partial charge in [-0.3, -0.25) is 9.69 Å². The summed E-state index contributed by atoms with van der Waals surface area (Å²) in [7, 11) is 1.68. The van der Waals surface area contributed by atoms with Crippen molar-refractivity contribution in [1.29, 1.82) is 0 Å². The molecule has 1 aromatic rings. The number of nitrogens with zero attached hydrogens (tertiary/aromatic N) is 1. The van der Waals surface area contributed by atoms with Gasteiger partial charge in [-0.15, -0.1) is 0 Å². The normalized spacial score (nSPS) is 22.7. The van der Waals surface area contributed by atoms with Crippen LogP contribution in [0.15, 0.2) is 22.8 Å². The number of nitrogens with one attached hydrogen (secondary N) is 1. The molecule has 0 spiro atoms. The van der Waals surface area contributed by atoms with Crippen LogP contribution in [0, 0.1) is 0 Å². The molecule has 5 heteroatoms. The fourth-order valence-electron chi connectivity index (χ4n) is 2.67. The number of carbonyl (C=O) groups excluding carboxylic acids is 1. The zero-order valence-corrected chi connectivity index (χ0v) is 10.8. The van der Waals surface area contributed by atoms with Gasteiger partial charge in [0.15, 0.2) is 0 Å². The molecule has 1 aliphatic heterocycles. The van der Waals surface area contributed by atoms with Gasteiger partial charge >= 0.3 is 0 Å². The Balaban J connectivity index is 2.19. The first-order valence-corrected chi connectivity index (χ1v) is 6.48. The van der Waals surface area contributed by atoms with Crippen molar-refractivity contribution < 1.29 is 9.21 Å². The van der Waals surface area contributed by atoms with Gasteiger partial charge in [0.2, 0.25) is 5.91 Å². The highest BCUT2D eigenvalue weighted by Gasteiger charge is 2.34. The molecule has 2 rings (SSSR count). The molecule has 2 atom stereocenters. The van der Waals surface area contributed by atoms with Gasteiger partial charge in [0.1, 0.15) is 5.76 Å². The van der Waals surface area contributed by atoms with Gasteiger partial charge in [-0.2, -0.15) is 0 Å². The fourth-order valence-corrected chi connectivity index (χ4v) is 2.67. The van der Waals surface area contributed by atoms with Crippen molar-refractivity contribution in [2.24, 2.45) is 5.73 Å². The maximum absolute atomic E-state index is 11.9. The third kappa shape index (κ3) is 2.57. The topological polar surface area (TPSA) is 71.5 Å². The van der Waals surface area contributed by atoms with Crippen LogP contribution < -0.4 is 11.1 Å². The first-order valence-electron chi connectivity index (χ1n) is 6.48. The molecule has 2 heterocycles. The van der Waals surface area contributed by atoms with Crippen LogP contribution in [0.4, 0.5) is 0 Å². The van der Waals surface area contributed by atoms with E-state index in [1.807, 2.05) is 12.1 Å². The van der Waals surface area contributed by atoms with Crippen LogP contribution in [0.25, 0.3) is 0 Å². The van der Waals surface area contributed by atoms with Crippen LogP contribution in [0.2, 0.25) is 0 Å². The van der Waals surface area contributed by atoms with E-state index in [0.717, 1.165) is 31.6 Å². The van der Waals surface area contributed by atoms with Crippen LogP contribution in [0.3, 0.4) is 0 Å². The predicted octanol–water partition coefficient (Wildman–Crippen LogP) is 0.880. The first-order chi connectivity index (χ1) is 8.77. The Hall–Kier alpha value is -1.33. The Labute approximate surface area is 107 Å². The average Bonchev–Trinajstić information content (AvgIpc) is 2.93. The summed E-state index contributed by atoms with van der Waals surface area (Å²) in [5.41, 5.74) is 5.87. The van der Waals surface area contributed by atoms with E-state index in [9.17, 15) is 4.79 Å². The van der Waals surface area contributed by atoms with Crippen LogP contribution in [0.5, 0.6) is 0 Å². The summed E-state index contributed by atoms with van der Waals surface area (Å²) >= 11 is 0. The van der Waals surface area contributed by atoms with Crippen LogP contribution in [-0.2, 0) is 4.79 Å². The minimum Gasteiger partial charge on any atom is -0.468 e. The smallest absolute Gasteiger partial charge is 0.237 e. The van der Waals surface area contributed by atoms with E-state index >= 15 is 0 Å². The molecule has 0 bridgehead atoms. The highest BCUT2D eigenvalue weighted by molar-refractivity contribution is 5.81. The van der Waals surface area contributed by atoms with Gasteiger partial charge in [0, 0.05) is 13.6 Å². The third-order valence-electron chi connectivity index (χ3n) is 3.59. The summed E-state index contributed by atoms with van der Waals surface area (Å²) in [6, 6.07) is 3.68. The van der Waals surface area contributed by atoms with E-state index in [1.165, 1.54) is 0 Å². The van der Waals surface area contributed by atoms with E-state index in [0.29, 0.717) is 6.54 Å². The minimum atomic E-state index is -0.0950. The average molecular weight is 251 g/mol. The molecule has 1 saturated heterocycles. The molecule has 100 valence electrons. The maximum Gasteiger partial charge on any atom is 0.237 e. The lowest BCUT2D eigenvalue weighted by atomic mass is 9.98. The lowest BCUT2D eigenvalue weighted by molar-refractivity contribution is -0.128. The van der Waals surface area contributed by atoms with Gasteiger partial charge in [0.05, 0.1) is 18.3 Å². The van der Waals surface area contributed by atoms with Crippen molar-refractivity contribution in [3.63, 3.8) is 0 Å². The molecule has 0 aromatic carbocycles. The highest BCUT2D eigenvalue weighted by Crippen LogP contribution is 2.28. The summed E-state index contributed by atoms with van der Waals surface area (Å²) in [5, 5.41) is 2.74. The van der Waals surface area contributed by atoms with Gasteiger partial charge in [-0.1, -0.05) is 6.42 Å². The second-order valence-corrected chi connectivity index (χ2v) is 4.63. The standard InChI is InChI=1S/C13H21N3O2/c1-15-13(17)10-5-2-3-7-16(10)11(9-14)12-6-4-8-18-12/h4,6,8,10-11H,2-3,5,7,9,14H2,1H3,(H,15,17). The number of piperidine rings is 1. The second kappa shape index (κ2) is 6.02. The Kier molecular flexibility index (Phi) is 4.38. The summed E-state index contributed by atoms with van der Waals surface area (Å²) in [4.78, 5) is 14.1. The molecule has 1 aliphatic rings. The maximum atomic E-state index is 11.9. The Morgan fingerprint density at radius 1 is 1.67 bits per heavy atom. The lowest BCUT2D eigenvalue weighted by Crippen LogP contribution is -2.51. The molecule has 5 nitrogen and oxygen atoms in total. The molecule has 0 radical (unpaired) electrons. The quantitative estimate of drug-likeness (QED) is 0.833. The number of hydrogen-bond donors (Lipinski definition) is 2. The van der Waals surface area contributed by atoms with Crippen molar-refractivity contribution in [2.45, 2.75) is 31.3 Å². The number of likely N-dealkylation sites (N-methyl/N-ethyl adjacent to an activating group) is 1. The van der Waals surface area contributed by atoms with Crippen molar-refractivity contribution in [3.8, 4) is 0 Å². The minimum absolute atomic E-state index is 0.0115. The number of likely N-dealkylation sites (tertiary alicyclic amines) is 1. The largest absolute Gasteiger partial charge is 0.468 e. The zero-order chi connectivity index (χ0) is 13.0. The summed E-state index contributed by atoms with van der Waals surface area (Å²) in [6.45, 7) is 1.35. The third-order valence-corrected chi connectivity index (χ3v) is 3.59. The summed E-state index contributed by atoms with van der Waals surface area (Å²) in [6.07, 6.45) is 4.72. The van der Waals surface area contributed by atoms with Crippen LogP contribution in [-0.4, -0.2) is 37.0 Å². The van der Waals surface area contributed by atoms with E-state index < -0.39 is 0 Å². The highest BCUT2D eigenvalue weighted by atomic mass is 16.3. The van der Waals surface area contributed by atoms with E-state index in [2.05, 4.69) is 10.2 Å². The number of hydrogen-bond acceptors (Lipinski definition) is 4. The predicted molar refractivity (Wildman–Crippen MR) is 68.9 cm³/mol. The number of rotatable bonds is 4. The molecule has 0 saturated carbocycles. The molecule has 3 N–H and O–H groups in total. The molecular formula is C13H21N3O2. The van der Waals surface area contributed by atoms with Gasteiger partial charge in [-0.05, 0) is 31.5 Å². The fraction of sp³-hybridized carbons (Fsp3) is 0.615. The van der Waals surface area contributed by atoms with Crippen LogP contribution >= 0.6 is 0 Å². The summed E-state index contributed by atoms with van der Waals surface area (Å²) in [5.74, 6) is 0.910. The van der Waals surface area contributed by atoms with E-state index in [-0.39, 0.29) is 18.0 Å². The number of furan rings is 1. The lowest BCUT2D eigenvalue weighted by Gasteiger charge is -2.38. The number of nitrogens with two attached hydrogens (primary N) is 1. The first kappa shape index (κ1) is 13.1. The Morgan fingerprint density at radius 3 is 3.11 bits per heavy atom. The number of amides is 1. The van der Waals surface area contributed by atoms with Crippen molar-refractivity contribution in [3.05, 3.63) is 24.2 Å². The van der Waals surface area contributed by atoms with Crippen LogP contribution in [0.1, 0.15) is 31.1 Å². The molecule has 1 fully saturated rings. The van der Waals surface area contributed by atoms with Gasteiger partial charge in [0.25, 0.3) is 0 Å². The van der Waals surface area contributed by atoms with E-state index in [4.69, 9.17) is 10.2 Å². The molecule has 2 unspecified atom stereocenters. The van der Waals surface area contributed by atoms with Crippen molar-refractivity contribution in [1.82, 2.24) is 10.2 Å².